The van der Waals surface area contributed by atoms with E-state index in [1.165, 1.54) is 7.11 Å². The van der Waals surface area contributed by atoms with Gasteiger partial charge in [0.05, 0.1) is 18.0 Å². The predicted molar refractivity (Wildman–Crippen MR) is 109 cm³/mol. The molecule has 1 aliphatic rings. The second kappa shape index (κ2) is 7.34. The van der Waals surface area contributed by atoms with Crippen molar-refractivity contribution < 1.29 is 13.7 Å². The number of aryl methyl sites for hydroxylation is 1. The Morgan fingerprint density at radius 2 is 1.50 bits per heavy atom. The average Bonchev–Trinajstić information content (AvgIpc) is 3.45. The fourth-order valence-corrected chi connectivity index (χ4v) is 5.28. The van der Waals surface area contributed by atoms with Crippen LogP contribution in [-0.4, -0.2) is 21.6 Å². The van der Waals surface area contributed by atoms with Crippen LogP contribution in [0.3, 0.4) is 0 Å². The lowest BCUT2D eigenvalue weighted by molar-refractivity contribution is -0.144. The number of nitrogens with zero attached hydrogens (tertiary/aromatic N) is 1. The first-order chi connectivity index (χ1) is 13.6. The Morgan fingerprint density at radius 3 is 2.07 bits per heavy atom. The average molecular weight is 391 g/mol. The van der Waals surface area contributed by atoms with E-state index >= 15 is 0 Å². The van der Waals surface area contributed by atoms with Gasteiger partial charge in [0, 0.05) is 0 Å². The molecule has 0 N–H and O–H groups in total. The van der Waals surface area contributed by atoms with Gasteiger partial charge in [0.2, 0.25) is 0 Å². The van der Waals surface area contributed by atoms with Crippen LogP contribution in [-0.2, 0) is 26.1 Å². The first kappa shape index (κ1) is 18.6. The lowest BCUT2D eigenvalue weighted by Crippen LogP contribution is -2.29. The number of hydrogen-bond donors (Lipinski definition) is 0. The Morgan fingerprint density at radius 1 is 0.929 bits per heavy atom. The Bertz CT molecular complexity index is 1010. The Hall–Kier alpha value is -2.76. The maximum Gasteiger partial charge on any atom is 0.333 e. The first-order valence-electron chi connectivity index (χ1n) is 9.07. The quantitative estimate of drug-likeness (QED) is 0.485. The smallest absolute Gasteiger partial charge is 0.333 e. The lowest BCUT2D eigenvalue weighted by Gasteiger charge is -2.15. The van der Waals surface area contributed by atoms with Crippen LogP contribution < -0.4 is 0 Å². The first-order valence-corrected chi connectivity index (χ1v) is 10.2. The van der Waals surface area contributed by atoms with Crippen LogP contribution in [0.25, 0.3) is 0 Å². The Kier molecular flexibility index (Phi) is 4.87. The molecule has 1 saturated heterocycles. The highest BCUT2D eigenvalue weighted by Crippen LogP contribution is 2.62. The number of rotatable bonds is 5. The lowest BCUT2D eigenvalue weighted by atomic mass is 9.91. The molecule has 0 saturated carbocycles. The summed E-state index contributed by atoms with van der Waals surface area (Å²) in [6.07, 6.45) is 0. The molecule has 1 fully saturated rings. The third kappa shape index (κ3) is 2.87. The highest BCUT2D eigenvalue weighted by Gasteiger charge is 2.73. The van der Waals surface area contributed by atoms with E-state index in [-0.39, 0.29) is 6.04 Å². The van der Waals surface area contributed by atoms with Crippen LogP contribution in [0.4, 0.5) is 0 Å². The maximum absolute atomic E-state index is 13.5. The third-order valence-electron chi connectivity index (χ3n) is 5.14. The minimum Gasteiger partial charge on any atom is -0.467 e. The van der Waals surface area contributed by atoms with Gasteiger partial charge in [-0.1, -0.05) is 78.4 Å². The van der Waals surface area contributed by atoms with Gasteiger partial charge < -0.3 is 4.74 Å². The van der Waals surface area contributed by atoms with Crippen molar-refractivity contribution in [1.82, 2.24) is 4.31 Å². The molecule has 0 aromatic heterocycles. The molecule has 0 radical (unpaired) electrons. The number of benzene rings is 3. The Balaban J connectivity index is 1.87. The van der Waals surface area contributed by atoms with E-state index in [4.69, 9.17) is 4.74 Å². The van der Waals surface area contributed by atoms with Crippen molar-refractivity contribution in [2.45, 2.75) is 23.4 Å². The molecule has 3 aromatic rings. The number of esters is 1. The fourth-order valence-electron chi connectivity index (χ4n) is 3.73. The van der Waals surface area contributed by atoms with Crippen LogP contribution in [0.5, 0.6) is 0 Å². The van der Waals surface area contributed by atoms with Crippen molar-refractivity contribution in [1.29, 1.82) is 0 Å². The van der Waals surface area contributed by atoms with Crippen LogP contribution in [0, 0.1) is 6.92 Å². The molecule has 1 aliphatic heterocycles. The summed E-state index contributed by atoms with van der Waals surface area (Å²) in [6.45, 7) is 1.99. The third-order valence-corrected chi connectivity index (χ3v) is 6.67. The number of methoxy groups -OCH3 is 1. The molecule has 2 unspecified atom stereocenters. The van der Waals surface area contributed by atoms with Gasteiger partial charge in [0.15, 0.2) is 5.54 Å². The number of hydrogen-bond acceptors (Lipinski definition) is 3. The van der Waals surface area contributed by atoms with Crippen molar-refractivity contribution in [3.8, 4) is 0 Å². The molecular weight excluding hydrogens is 370 g/mol. The summed E-state index contributed by atoms with van der Waals surface area (Å²) in [5.41, 5.74) is 1.68. The van der Waals surface area contributed by atoms with Crippen LogP contribution >= 0.6 is 0 Å². The van der Waals surface area contributed by atoms with Crippen molar-refractivity contribution in [2.75, 3.05) is 7.11 Å². The van der Waals surface area contributed by atoms with Gasteiger partial charge in [0.1, 0.15) is 11.0 Å². The molecule has 0 aliphatic carbocycles. The van der Waals surface area contributed by atoms with E-state index < -0.39 is 22.5 Å². The maximum atomic E-state index is 13.5. The second-order valence-corrected chi connectivity index (χ2v) is 8.19. The van der Waals surface area contributed by atoms with E-state index in [2.05, 4.69) is 0 Å². The van der Waals surface area contributed by atoms with E-state index in [1.807, 2.05) is 91.9 Å². The molecule has 4 rings (SSSR count). The molecule has 4 nitrogen and oxygen atoms in total. The number of ether oxygens (including phenoxy) is 1. The van der Waals surface area contributed by atoms with Gasteiger partial charge >= 0.3 is 5.97 Å². The van der Waals surface area contributed by atoms with E-state index in [9.17, 15) is 9.00 Å². The van der Waals surface area contributed by atoms with Crippen molar-refractivity contribution in [3.63, 3.8) is 0 Å². The van der Waals surface area contributed by atoms with Gasteiger partial charge in [-0.25, -0.2) is 9.00 Å². The fraction of sp³-hybridized carbons (Fsp3) is 0.174. The molecule has 0 bridgehead atoms. The summed E-state index contributed by atoms with van der Waals surface area (Å²) >= 11 is 0. The van der Waals surface area contributed by atoms with Gasteiger partial charge in [-0.2, -0.15) is 4.31 Å². The van der Waals surface area contributed by atoms with Crippen LogP contribution in [0.2, 0.25) is 0 Å². The normalized spacial score (nSPS) is 24.4. The second-order valence-electron chi connectivity index (χ2n) is 6.83. The van der Waals surface area contributed by atoms with Crippen molar-refractivity contribution in [2.24, 2.45) is 0 Å². The van der Waals surface area contributed by atoms with E-state index in [1.54, 1.807) is 4.31 Å². The number of carbonyl (C=O) groups excluding carboxylic acids is 1. The predicted octanol–water partition coefficient (Wildman–Crippen LogP) is 4.14. The molecule has 5 heteroatoms. The number of carbonyl (C=O) groups is 1. The summed E-state index contributed by atoms with van der Waals surface area (Å²) in [7, 11) is -0.147. The molecule has 28 heavy (non-hydrogen) atoms. The summed E-state index contributed by atoms with van der Waals surface area (Å²) in [5.74, 6) is -0.409. The van der Waals surface area contributed by atoms with Gasteiger partial charge in [-0.05, 0) is 30.2 Å². The van der Waals surface area contributed by atoms with E-state index in [0.717, 1.165) is 16.7 Å². The van der Waals surface area contributed by atoms with E-state index in [0.29, 0.717) is 4.90 Å². The molecule has 3 aromatic carbocycles. The van der Waals surface area contributed by atoms with Crippen LogP contribution in [0.15, 0.2) is 89.8 Å². The van der Waals surface area contributed by atoms with Gasteiger partial charge in [-0.15, -0.1) is 0 Å². The monoisotopic (exact) mass is 391 g/mol. The highest BCUT2D eigenvalue weighted by molar-refractivity contribution is 7.83. The summed E-state index contributed by atoms with van der Waals surface area (Å²) < 4.78 is 20.5. The molecule has 1 heterocycles. The standard InChI is InChI=1S/C23H21NO3S/c1-17-13-15-20(16-14-17)28(26)24-21(18-9-5-3-6-10-18)23(24,22(25)27-2)19-11-7-4-8-12-19/h3-16,21H,1-2H3/t21-,23-,24?,28?/m0/s1. The molecular formula is C23H21NO3S. The topological polar surface area (TPSA) is 46.4 Å². The SMILES string of the molecule is COC(=O)[C@]1(c2ccccc2)[C@H](c2ccccc2)N1S(=O)c1ccc(C)cc1. The molecule has 0 spiro atoms. The van der Waals surface area contributed by atoms with Gasteiger partial charge in [-0.3, -0.25) is 0 Å². The zero-order valence-electron chi connectivity index (χ0n) is 15.7. The van der Waals surface area contributed by atoms with Crippen molar-refractivity contribution >= 4 is 17.0 Å². The zero-order valence-corrected chi connectivity index (χ0v) is 16.6. The minimum atomic E-state index is -1.52. The van der Waals surface area contributed by atoms with Crippen LogP contribution in [0.1, 0.15) is 22.7 Å². The van der Waals surface area contributed by atoms with Gasteiger partial charge in [0.25, 0.3) is 0 Å². The molecule has 142 valence electrons. The highest BCUT2D eigenvalue weighted by atomic mass is 32.2. The summed E-state index contributed by atoms with van der Waals surface area (Å²) in [6, 6.07) is 26.3. The zero-order chi connectivity index (χ0) is 19.7. The van der Waals surface area contributed by atoms with Crippen molar-refractivity contribution in [3.05, 3.63) is 102 Å². The summed E-state index contributed by atoms with van der Waals surface area (Å²) in [5, 5.41) is 0. The molecule has 4 atom stereocenters. The molecule has 0 amide bonds. The minimum absolute atomic E-state index is 0.370. The summed E-state index contributed by atoms with van der Waals surface area (Å²) in [4.78, 5) is 13.7. The largest absolute Gasteiger partial charge is 0.467 e. The Labute approximate surface area is 167 Å².